The monoisotopic (exact) mass is 340 g/mol. The molecule has 0 bridgehead atoms. The van der Waals surface area contributed by atoms with Crippen molar-refractivity contribution in [3.63, 3.8) is 0 Å². The first-order chi connectivity index (χ1) is 12.2. The van der Waals surface area contributed by atoms with Gasteiger partial charge in [-0.2, -0.15) is 5.10 Å². The van der Waals surface area contributed by atoms with Gasteiger partial charge in [0, 0.05) is 0 Å². The molecular weight excluding hydrogens is 316 g/mol. The van der Waals surface area contributed by atoms with Crippen LogP contribution in [0.15, 0.2) is 53.6 Å². The van der Waals surface area contributed by atoms with Crippen molar-refractivity contribution in [2.75, 3.05) is 13.7 Å². The van der Waals surface area contributed by atoms with E-state index in [0.717, 1.165) is 17.7 Å². The Labute approximate surface area is 148 Å². The van der Waals surface area contributed by atoms with Crippen LogP contribution in [0.5, 0.6) is 11.5 Å². The van der Waals surface area contributed by atoms with E-state index in [2.05, 4.69) is 17.5 Å². The first-order valence-electron chi connectivity index (χ1n) is 8.39. The quantitative estimate of drug-likeness (QED) is 0.561. The lowest BCUT2D eigenvalue weighted by Crippen LogP contribution is -2.24. The lowest BCUT2D eigenvalue weighted by Gasteiger charge is -2.06. The number of rotatable bonds is 9. The number of nitrogens with one attached hydrogen (secondary N) is 1. The molecule has 1 amide bonds. The third kappa shape index (κ3) is 6.67. The van der Waals surface area contributed by atoms with Crippen LogP contribution in [0.3, 0.4) is 0 Å². The Morgan fingerprint density at radius 3 is 2.68 bits per heavy atom. The van der Waals surface area contributed by atoms with Crippen molar-refractivity contribution in [1.29, 1.82) is 0 Å². The van der Waals surface area contributed by atoms with Gasteiger partial charge in [-0.25, -0.2) is 5.43 Å². The number of hydrogen-bond donors (Lipinski definition) is 1. The highest BCUT2D eigenvalue weighted by Crippen LogP contribution is 2.14. The average molecular weight is 340 g/mol. The van der Waals surface area contributed by atoms with E-state index in [1.807, 2.05) is 48.5 Å². The van der Waals surface area contributed by atoms with Gasteiger partial charge in [0.15, 0.2) is 6.61 Å². The average Bonchev–Trinajstić information content (AvgIpc) is 2.65. The number of amides is 1. The molecule has 0 radical (unpaired) electrons. The van der Waals surface area contributed by atoms with Crippen molar-refractivity contribution < 1.29 is 14.3 Å². The maximum absolute atomic E-state index is 11.8. The number of carbonyl (C=O) groups is 1. The molecule has 0 spiro atoms. The topological polar surface area (TPSA) is 59.9 Å². The van der Waals surface area contributed by atoms with Gasteiger partial charge in [-0.15, -0.1) is 0 Å². The number of carbonyl (C=O) groups excluding carboxylic acids is 1. The second-order valence-corrected chi connectivity index (χ2v) is 5.61. The van der Waals surface area contributed by atoms with Gasteiger partial charge in [-0.05, 0) is 48.2 Å². The van der Waals surface area contributed by atoms with Crippen LogP contribution < -0.4 is 14.9 Å². The molecule has 0 aromatic heterocycles. The maximum Gasteiger partial charge on any atom is 0.277 e. The molecule has 0 saturated heterocycles. The summed E-state index contributed by atoms with van der Waals surface area (Å²) >= 11 is 0. The zero-order valence-corrected chi connectivity index (χ0v) is 14.7. The standard InChI is InChI=1S/C20H24N2O3/c1-3-4-6-16-9-11-18(12-10-16)25-15-20(23)22-21-14-17-7-5-8-19(13-17)24-2/h5,7-14H,3-4,6,15H2,1-2H3,(H,22,23)/b21-14-. The van der Waals surface area contributed by atoms with Gasteiger partial charge in [0.25, 0.3) is 5.91 Å². The molecule has 0 atom stereocenters. The van der Waals surface area contributed by atoms with Crippen molar-refractivity contribution >= 4 is 12.1 Å². The minimum atomic E-state index is -0.311. The molecule has 0 saturated carbocycles. The Hall–Kier alpha value is -2.82. The third-order valence-electron chi connectivity index (χ3n) is 3.61. The van der Waals surface area contributed by atoms with Gasteiger partial charge in [0.05, 0.1) is 13.3 Å². The summed E-state index contributed by atoms with van der Waals surface area (Å²) in [6, 6.07) is 15.2. The van der Waals surface area contributed by atoms with E-state index >= 15 is 0 Å². The zero-order chi connectivity index (χ0) is 17.9. The summed E-state index contributed by atoms with van der Waals surface area (Å²) in [5.41, 5.74) is 4.56. The Balaban J connectivity index is 1.75. The molecule has 5 heteroatoms. The second-order valence-electron chi connectivity index (χ2n) is 5.61. The molecule has 25 heavy (non-hydrogen) atoms. The highest BCUT2D eigenvalue weighted by atomic mass is 16.5. The molecule has 0 aliphatic carbocycles. The fourth-order valence-corrected chi connectivity index (χ4v) is 2.22. The largest absolute Gasteiger partial charge is 0.497 e. The number of hydrogen-bond acceptors (Lipinski definition) is 4. The van der Waals surface area contributed by atoms with Crippen molar-refractivity contribution in [2.45, 2.75) is 26.2 Å². The Kier molecular flexibility index (Phi) is 7.50. The van der Waals surface area contributed by atoms with Gasteiger partial charge in [0.1, 0.15) is 11.5 Å². The summed E-state index contributed by atoms with van der Waals surface area (Å²) in [5.74, 6) is 1.10. The van der Waals surface area contributed by atoms with Crippen LogP contribution in [0.25, 0.3) is 0 Å². The smallest absolute Gasteiger partial charge is 0.277 e. The number of unbranched alkanes of at least 4 members (excludes halogenated alkanes) is 1. The molecule has 132 valence electrons. The summed E-state index contributed by atoms with van der Waals surface area (Å²) in [4.78, 5) is 11.8. The normalized spacial score (nSPS) is 10.6. The fraction of sp³-hybridized carbons (Fsp3) is 0.300. The van der Waals surface area contributed by atoms with E-state index in [1.165, 1.54) is 18.4 Å². The second kappa shape index (κ2) is 10.1. The first-order valence-corrected chi connectivity index (χ1v) is 8.39. The molecule has 2 aromatic carbocycles. The molecule has 0 unspecified atom stereocenters. The molecule has 0 fully saturated rings. The summed E-state index contributed by atoms with van der Waals surface area (Å²) < 4.78 is 10.6. The SMILES string of the molecule is CCCCc1ccc(OCC(=O)N/N=C\c2cccc(OC)c2)cc1. The summed E-state index contributed by atoms with van der Waals surface area (Å²) in [5, 5.41) is 3.92. The van der Waals surface area contributed by atoms with Crippen LogP contribution in [0.2, 0.25) is 0 Å². The predicted octanol–water partition coefficient (Wildman–Crippen LogP) is 3.57. The van der Waals surface area contributed by atoms with Crippen molar-refractivity contribution in [3.8, 4) is 11.5 Å². The summed E-state index contributed by atoms with van der Waals surface area (Å²) in [6.45, 7) is 2.09. The zero-order valence-electron chi connectivity index (χ0n) is 14.7. The van der Waals surface area contributed by atoms with Crippen LogP contribution in [0.1, 0.15) is 30.9 Å². The first kappa shape index (κ1) is 18.5. The number of methoxy groups -OCH3 is 1. The Bertz CT molecular complexity index is 696. The molecule has 0 heterocycles. The van der Waals surface area contributed by atoms with Crippen molar-refractivity contribution in [2.24, 2.45) is 5.10 Å². The van der Waals surface area contributed by atoms with Crippen LogP contribution in [0, 0.1) is 0 Å². The number of hydrazone groups is 1. The van der Waals surface area contributed by atoms with Gasteiger partial charge in [-0.1, -0.05) is 37.6 Å². The van der Waals surface area contributed by atoms with Crippen LogP contribution >= 0.6 is 0 Å². The van der Waals surface area contributed by atoms with Crippen molar-refractivity contribution in [3.05, 3.63) is 59.7 Å². The number of aryl methyl sites for hydroxylation is 1. The van der Waals surface area contributed by atoms with E-state index in [-0.39, 0.29) is 12.5 Å². The van der Waals surface area contributed by atoms with Crippen LogP contribution in [0.4, 0.5) is 0 Å². The molecule has 0 aliphatic heterocycles. The lowest BCUT2D eigenvalue weighted by molar-refractivity contribution is -0.123. The molecular formula is C20H24N2O3. The van der Waals surface area contributed by atoms with E-state index in [1.54, 1.807) is 13.3 Å². The molecule has 1 N–H and O–H groups in total. The summed E-state index contributed by atoms with van der Waals surface area (Å²) in [7, 11) is 1.60. The number of nitrogens with zero attached hydrogens (tertiary/aromatic N) is 1. The van der Waals surface area contributed by atoms with Crippen LogP contribution in [-0.4, -0.2) is 25.8 Å². The van der Waals surface area contributed by atoms with E-state index < -0.39 is 0 Å². The minimum Gasteiger partial charge on any atom is -0.497 e. The van der Waals surface area contributed by atoms with E-state index in [4.69, 9.17) is 9.47 Å². The Morgan fingerprint density at radius 2 is 1.96 bits per heavy atom. The minimum absolute atomic E-state index is 0.0796. The van der Waals surface area contributed by atoms with Gasteiger partial charge in [-0.3, -0.25) is 4.79 Å². The number of benzene rings is 2. The molecule has 0 aliphatic rings. The van der Waals surface area contributed by atoms with E-state index in [9.17, 15) is 4.79 Å². The Morgan fingerprint density at radius 1 is 1.16 bits per heavy atom. The third-order valence-corrected chi connectivity index (χ3v) is 3.61. The van der Waals surface area contributed by atoms with Gasteiger partial charge in [0.2, 0.25) is 0 Å². The lowest BCUT2D eigenvalue weighted by atomic mass is 10.1. The predicted molar refractivity (Wildman–Crippen MR) is 99.3 cm³/mol. The fourth-order valence-electron chi connectivity index (χ4n) is 2.22. The van der Waals surface area contributed by atoms with Gasteiger partial charge < -0.3 is 9.47 Å². The van der Waals surface area contributed by atoms with E-state index in [0.29, 0.717) is 5.75 Å². The molecule has 2 aromatic rings. The summed E-state index contributed by atoms with van der Waals surface area (Å²) in [6.07, 6.45) is 4.97. The molecule has 5 nitrogen and oxygen atoms in total. The highest BCUT2D eigenvalue weighted by molar-refractivity contribution is 5.83. The van der Waals surface area contributed by atoms with Crippen molar-refractivity contribution in [1.82, 2.24) is 5.43 Å². The maximum atomic E-state index is 11.8. The number of ether oxygens (including phenoxy) is 2. The molecule has 2 rings (SSSR count). The highest BCUT2D eigenvalue weighted by Gasteiger charge is 2.02. The van der Waals surface area contributed by atoms with Gasteiger partial charge >= 0.3 is 0 Å². The van der Waals surface area contributed by atoms with Crippen LogP contribution in [-0.2, 0) is 11.2 Å².